The van der Waals surface area contributed by atoms with Crippen molar-refractivity contribution in [3.8, 4) is 22.8 Å². The van der Waals surface area contributed by atoms with Gasteiger partial charge >= 0.3 is 11.5 Å². The molecule has 0 radical (unpaired) electrons. The maximum atomic E-state index is 10.8. The van der Waals surface area contributed by atoms with Crippen molar-refractivity contribution in [2.75, 3.05) is 14.2 Å². The summed E-state index contributed by atoms with van der Waals surface area (Å²) in [5.41, 5.74) is 0.788. The van der Waals surface area contributed by atoms with Gasteiger partial charge in [0.05, 0.1) is 37.0 Å². The summed E-state index contributed by atoms with van der Waals surface area (Å²) in [7, 11) is 3.15. The molecule has 0 bridgehead atoms. The zero-order valence-electron chi connectivity index (χ0n) is 13.5. The monoisotopic (exact) mass is 326 g/mol. The van der Waals surface area contributed by atoms with Crippen molar-refractivity contribution in [3.63, 3.8) is 0 Å². The Bertz CT molecular complexity index is 919. The molecular weight excluding hydrogens is 310 g/mol. The zero-order chi connectivity index (χ0) is 17.3. The van der Waals surface area contributed by atoms with Crippen LogP contribution in [0.5, 0.6) is 11.5 Å². The van der Waals surface area contributed by atoms with Gasteiger partial charge in [0.25, 0.3) is 5.69 Å². The van der Waals surface area contributed by atoms with Crippen molar-refractivity contribution in [2.45, 2.75) is 6.92 Å². The van der Waals surface area contributed by atoms with Crippen LogP contribution in [0.25, 0.3) is 22.1 Å². The molecule has 3 rings (SSSR count). The minimum atomic E-state index is -0.427. The molecule has 1 aromatic heterocycles. The maximum absolute atomic E-state index is 10.8. The third-order valence-electron chi connectivity index (χ3n) is 3.76. The Kier molecular flexibility index (Phi) is 4.04. The molecular formula is C18H16NO5+. The van der Waals surface area contributed by atoms with E-state index in [1.807, 2.05) is 25.1 Å². The molecule has 0 amide bonds. The first-order chi connectivity index (χ1) is 11.5. The van der Waals surface area contributed by atoms with Crippen molar-refractivity contribution < 1.29 is 18.8 Å². The van der Waals surface area contributed by atoms with Gasteiger partial charge in [-0.25, -0.2) is 4.42 Å². The number of benzene rings is 2. The van der Waals surface area contributed by atoms with Gasteiger partial charge in [-0.05, 0) is 18.2 Å². The second kappa shape index (κ2) is 6.16. The van der Waals surface area contributed by atoms with Gasteiger partial charge in [-0.15, -0.1) is 0 Å². The number of ether oxygens (including phenoxy) is 2. The van der Waals surface area contributed by atoms with E-state index in [4.69, 9.17) is 13.9 Å². The molecule has 3 aromatic rings. The summed E-state index contributed by atoms with van der Waals surface area (Å²) in [5, 5.41) is 12.6. The highest BCUT2D eigenvalue weighted by molar-refractivity contribution is 5.96. The molecule has 0 aliphatic rings. The van der Waals surface area contributed by atoms with Crippen molar-refractivity contribution in [1.82, 2.24) is 0 Å². The molecule has 0 N–H and O–H groups in total. The van der Waals surface area contributed by atoms with E-state index in [1.165, 1.54) is 12.1 Å². The Labute approximate surface area is 138 Å². The van der Waals surface area contributed by atoms with Crippen LogP contribution in [0.15, 0.2) is 46.9 Å². The SMILES string of the molecule is COc1cc2cc(C)[o+]c(-c3ccc([N+](=O)[O-])cc3)c2cc1OC. The summed E-state index contributed by atoms with van der Waals surface area (Å²) in [6.07, 6.45) is 0. The summed E-state index contributed by atoms with van der Waals surface area (Å²) >= 11 is 0. The van der Waals surface area contributed by atoms with Crippen molar-refractivity contribution in [1.29, 1.82) is 0 Å². The second-order valence-corrected chi connectivity index (χ2v) is 5.28. The van der Waals surface area contributed by atoms with E-state index in [0.29, 0.717) is 17.3 Å². The van der Waals surface area contributed by atoms with Crippen molar-refractivity contribution >= 4 is 16.5 Å². The van der Waals surface area contributed by atoms with Crippen LogP contribution in [0.2, 0.25) is 0 Å². The van der Waals surface area contributed by atoms with Gasteiger partial charge in [0, 0.05) is 29.7 Å². The first kappa shape index (κ1) is 15.7. The number of methoxy groups -OCH3 is 2. The number of nitro benzene ring substituents is 1. The maximum Gasteiger partial charge on any atom is 0.368 e. The predicted octanol–water partition coefficient (Wildman–Crippen LogP) is 4.61. The molecule has 0 aliphatic carbocycles. The number of fused-ring (bicyclic) bond motifs is 1. The van der Waals surface area contributed by atoms with Crippen LogP contribution in [0, 0.1) is 17.0 Å². The van der Waals surface area contributed by atoms with Gasteiger partial charge in [-0.2, -0.15) is 0 Å². The molecule has 1 heterocycles. The van der Waals surface area contributed by atoms with Crippen LogP contribution in [-0.4, -0.2) is 19.1 Å². The summed E-state index contributed by atoms with van der Waals surface area (Å²) in [5.74, 6) is 2.57. The van der Waals surface area contributed by atoms with Gasteiger partial charge in [0.1, 0.15) is 0 Å². The third-order valence-corrected chi connectivity index (χ3v) is 3.76. The lowest BCUT2D eigenvalue weighted by atomic mass is 10.0. The quantitative estimate of drug-likeness (QED) is 0.397. The molecule has 0 spiro atoms. The summed E-state index contributed by atoms with van der Waals surface area (Å²) in [6, 6.07) is 11.9. The summed E-state index contributed by atoms with van der Waals surface area (Å²) in [4.78, 5) is 10.4. The van der Waals surface area contributed by atoms with E-state index in [2.05, 4.69) is 0 Å². The fraction of sp³-hybridized carbons (Fsp3) is 0.167. The highest BCUT2D eigenvalue weighted by Gasteiger charge is 2.22. The smallest absolute Gasteiger partial charge is 0.368 e. The number of nitro groups is 1. The standard InChI is InChI=1S/C18H16NO5/c1-11-8-13-9-16(22-2)17(23-3)10-15(13)18(24-11)12-4-6-14(7-5-12)19(20)21/h4-10H,1-3H3/q+1. The average molecular weight is 326 g/mol. The van der Waals surface area contributed by atoms with Gasteiger partial charge in [0.2, 0.25) is 0 Å². The Hall–Kier alpha value is -3.15. The lowest BCUT2D eigenvalue weighted by Crippen LogP contribution is -1.92. The Morgan fingerprint density at radius 2 is 1.62 bits per heavy atom. The molecule has 2 aromatic carbocycles. The number of nitrogens with zero attached hydrogens (tertiary/aromatic N) is 1. The second-order valence-electron chi connectivity index (χ2n) is 5.28. The van der Waals surface area contributed by atoms with Crippen LogP contribution >= 0.6 is 0 Å². The molecule has 6 nitrogen and oxygen atoms in total. The third kappa shape index (κ3) is 2.74. The van der Waals surface area contributed by atoms with Crippen LogP contribution in [0.1, 0.15) is 5.76 Å². The topological polar surface area (TPSA) is 72.9 Å². The Morgan fingerprint density at radius 3 is 2.21 bits per heavy atom. The molecule has 0 atom stereocenters. The molecule has 0 aliphatic heterocycles. The first-order valence-electron chi connectivity index (χ1n) is 7.28. The fourth-order valence-corrected chi connectivity index (χ4v) is 2.62. The molecule has 6 heteroatoms. The average Bonchev–Trinajstić information content (AvgIpc) is 2.59. The van der Waals surface area contributed by atoms with Gasteiger partial charge in [-0.3, -0.25) is 10.1 Å². The number of aryl methyl sites for hydroxylation is 1. The molecule has 24 heavy (non-hydrogen) atoms. The van der Waals surface area contributed by atoms with Crippen molar-refractivity contribution in [2.24, 2.45) is 0 Å². The van der Waals surface area contributed by atoms with Crippen LogP contribution in [0.3, 0.4) is 0 Å². The normalized spacial score (nSPS) is 10.6. The lowest BCUT2D eigenvalue weighted by Gasteiger charge is -2.08. The summed E-state index contributed by atoms with van der Waals surface area (Å²) < 4.78 is 16.6. The minimum absolute atomic E-state index is 0.0370. The van der Waals surface area contributed by atoms with E-state index in [0.717, 1.165) is 22.1 Å². The number of rotatable bonds is 4. The zero-order valence-corrected chi connectivity index (χ0v) is 13.5. The molecule has 0 fully saturated rings. The molecule has 122 valence electrons. The van der Waals surface area contributed by atoms with Crippen molar-refractivity contribution in [3.05, 3.63) is 58.3 Å². The van der Waals surface area contributed by atoms with Gasteiger partial charge in [0.15, 0.2) is 11.5 Å². The van der Waals surface area contributed by atoms with Crippen LogP contribution < -0.4 is 9.47 Å². The number of hydrogen-bond donors (Lipinski definition) is 0. The predicted molar refractivity (Wildman–Crippen MR) is 90.6 cm³/mol. The van der Waals surface area contributed by atoms with Gasteiger partial charge < -0.3 is 9.47 Å². The molecule has 0 saturated heterocycles. The number of hydrogen-bond acceptors (Lipinski definition) is 4. The van der Waals surface area contributed by atoms with E-state index in [-0.39, 0.29) is 5.69 Å². The van der Waals surface area contributed by atoms with Crippen LogP contribution in [-0.2, 0) is 0 Å². The largest absolute Gasteiger partial charge is 0.493 e. The Balaban J connectivity index is 2.24. The molecule has 0 saturated carbocycles. The first-order valence-corrected chi connectivity index (χ1v) is 7.28. The Morgan fingerprint density at radius 1 is 1.00 bits per heavy atom. The fourth-order valence-electron chi connectivity index (χ4n) is 2.62. The van der Waals surface area contributed by atoms with E-state index in [9.17, 15) is 10.1 Å². The van der Waals surface area contributed by atoms with Crippen LogP contribution in [0.4, 0.5) is 5.69 Å². The highest BCUT2D eigenvalue weighted by Crippen LogP contribution is 2.38. The van der Waals surface area contributed by atoms with E-state index >= 15 is 0 Å². The van der Waals surface area contributed by atoms with Gasteiger partial charge in [-0.1, -0.05) is 0 Å². The minimum Gasteiger partial charge on any atom is -0.493 e. The highest BCUT2D eigenvalue weighted by atomic mass is 16.6. The van der Waals surface area contributed by atoms with E-state index in [1.54, 1.807) is 26.4 Å². The number of non-ortho nitro benzene ring substituents is 1. The molecule has 0 unspecified atom stereocenters. The van der Waals surface area contributed by atoms with E-state index < -0.39 is 4.92 Å². The summed E-state index contributed by atoms with van der Waals surface area (Å²) in [6.45, 7) is 1.85. The lowest BCUT2D eigenvalue weighted by molar-refractivity contribution is -0.384.